The van der Waals surface area contributed by atoms with E-state index in [0.717, 1.165) is 16.3 Å². The van der Waals surface area contributed by atoms with Crippen LogP contribution in [0.3, 0.4) is 0 Å². The molecular weight excluding hydrogens is 402 g/mol. The second-order valence-electron chi connectivity index (χ2n) is 6.71. The van der Waals surface area contributed by atoms with Crippen LogP contribution in [-0.2, 0) is 19.1 Å². The Balaban J connectivity index is 1.67. The Labute approximate surface area is 180 Å². The number of piperazine rings is 1. The van der Waals surface area contributed by atoms with E-state index in [-0.39, 0.29) is 24.0 Å². The molecule has 30 heavy (non-hydrogen) atoms. The average Bonchev–Trinajstić information content (AvgIpc) is 2.73. The summed E-state index contributed by atoms with van der Waals surface area (Å²) in [4.78, 5) is 38.0. The van der Waals surface area contributed by atoms with Gasteiger partial charge in [0.2, 0.25) is 11.8 Å². The SMILES string of the molecule is CCOC(=O)CC1C(=O)NCCN1C(=S)NC(=O)/C=C/c1cccc2ccccc12. The van der Waals surface area contributed by atoms with Crippen LogP contribution in [0.1, 0.15) is 18.9 Å². The third kappa shape index (κ3) is 5.21. The first-order valence-electron chi connectivity index (χ1n) is 9.70. The van der Waals surface area contributed by atoms with Crippen molar-refractivity contribution in [2.45, 2.75) is 19.4 Å². The number of benzene rings is 2. The molecule has 1 fully saturated rings. The van der Waals surface area contributed by atoms with Gasteiger partial charge in [-0.05, 0) is 41.6 Å². The summed E-state index contributed by atoms with van der Waals surface area (Å²) in [5.41, 5.74) is 0.909. The van der Waals surface area contributed by atoms with Gasteiger partial charge in [-0.15, -0.1) is 0 Å². The van der Waals surface area contributed by atoms with Gasteiger partial charge in [0.15, 0.2) is 5.11 Å². The first-order valence-corrected chi connectivity index (χ1v) is 10.1. The molecule has 2 amide bonds. The van der Waals surface area contributed by atoms with Gasteiger partial charge in [0, 0.05) is 19.2 Å². The van der Waals surface area contributed by atoms with Crippen molar-refractivity contribution in [1.29, 1.82) is 0 Å². The molecule has 0 radical (unpaired) electrons. The minimum atomic E-state index is -0.812. The van der Waals surface area contributed by atoms with Crippen LogP contribution in [0.25, 0.3) is 16.8 Å². The molecule has 0 saturated carbocycles. The zero-order valence-corrected chi connectivity index (χ0v) is 17.4. The van der Waals surface area contributed by atoms with E-state index in [2.05, 4.69) is 10.6 Å². The Hall–Kier alpha value is -3.26. The van der Waals surface area contributed by atoms with E-state index < -0.39 is 17.9 Å². The van der Waals surface area contributed by atoms with E-state index in [1.54, 1.807) is 17.9 Å². The van der Waals surface area contributed by atoms with E-state index in [9.17, 15) is 14.4 Å². The van der Waals surface area contributed by atoms with Crippen molar-refractivity contribution in [3.05, 3.63) is 54.1 Å². The molecule has 1 aliphatic rings. The van der Waals surface area contributed by atoms with Gasteiger partial charge in [0.05, 0.1) is 13.0 Å². The number of nitrogens with one attached hydrogen (secondary N) is 2. The van der Waals surface area contributed by atoms with Crippen LogP contribution in [0.15, 0.2) is 48.5 Å². The Morgan fingerprint density at radius 3 is 2.83 bits per heavy atom. The third-order valence-electron chi connectivity index (χ3n) is 4.72. The zero-order valence-electron chi connectivity index (χ0n) is 16.6. The lowest BCUT2D eigenvalue weighted by Gasteiger charge is -2.36. The van der Waals surface area contributed by atoms with Crippen molar-refractivity contribution >= 4 is 52.0 Å². The normalized spacial score (nSPS) is 16.4. The molecule has 0 spiro atoms. The highest BCUT2D eigenvalue weighted by Crippen LogP contribution is 2.19. The van der Waals surface area contributed by atoms with Crippen molar-refractivity contribution in [3.63, 3.8) is 0 Å². The van der Waals surface area contributed by atoms with Crippen LogP contribution in [0.5, 0.6) is 0 Å². The molecule has 156 valence electrons. The molecule has 0 bridgehead atoms. The second-order valence-corrected chi connectivity index (χ2v) is 7.09. The lowest BCUT2D eigenvalue weighted by atomic mass is 10.0. The standard InChI is InChI=1S/C22H23N3O4S/c1-2-29-20(27)14-18-21(28)23-12-13-25(18)22(30)24-19(26)11-10-16-8-5-7-15-6-3-4-9-17(15)16/h3-11,18H,2,12-14H2,1H3,(H,23,28)(H,24,26,30)/b11-10+. The van der Waals surface area contributed by atoms with Crippen LogP contribution in [0.4, 0.5) is 0 Å². The van der Waals surface area contributed by atoms with Crippen LogP contribution in [0.2, 0.25) is 0 Å². The molecule has 2 aromatic rings. The smallest absolute Gasteiger partial charge is 0.308 e. The number of hydrogen-bond acceptors (Lipinski definition) is 5. The number of hydrogen-bond donors (Lipinski definition) is 2. The van der Waals surface area contributed by atoms with Crippen molar-refractivity contribution < 1.29 is 19.1 Å². The molecule has 2 N–H and O–H groups in total. The van der Waals surface area contributed by atoms with Crippen LogP contribution in [0, 0.1) is 0 Å². The second kappa shape index (κ2) is 9.98. The molecule has 1 unspecified atom stereocenters. The van der Waals surface area contributed by atoms with Gasteiger partial charge in [-0.2, -0.15) is 0 Å². The number of thiocarbonyl (C=S) groups is 1. The Kier molecular flexibility index (Phi) is 7.13. The van der Waals surface area contributed by atoms with Crippen LogP contribution < -0.4 is 10.6 Å². The van der Waals surface area contributed by atoms with Crippen molar-refractivity contribution in [2.75, 3.05) is 19.7 Å². The number of amides is 2. The van der Waals surface area contributed by atoms with E-state index in [4.69, 9.17) is 17.0 Å². The summed E-state index contributed by atoms with van der Waals surface area (Å²) in [7, 11) is 0. The van der Waals surface area contributed by atoms with Gasteiger partial charge in [-0.25, -0.2) is 0 Å². The maximum atomic E-state index is 12.4. The minimum absolute atomic E-state index is 0.103. The van der Waals surface area contributed by atoms with E-state index in [1.165, 1.54) is 6.08 Å². The number of esters is 1. The largest absolute Gasteiger partial charge is 0.466 e. The topological polar surface area (TPSA) is 87.7 Å². The van der Waals surface area contributed by atoms with Gasteiger partial charge < -0.3 is 15.0 Å². The van der Waals surface area contributed by atoms with Crippen molar-refractivity contribution in [2.24, 2.45) is 0 Å². The summed E-state index contributed by atoms with van der Waals surface area (Å²) in [6.45, 7) is 2.69. The quantitative estimate of drug-likeness (QED) is 0.433. The number of ether oxygens (including phenoxy) is 1. The van der Waals surface area contributed by atoms with Gasteiger partial charge in [0.25, 0.3) is 0 Å². The number of carbonyl (C=O) groups excluding carboxylic acids is 3. The maximum Gasteiger partial charge on any atom is 0.308 e. The van der Waals surface area contributed by atoms with E-state index in [0.29, 0.717) is 13.1 Å². The molecule has 3 rings (SSSR count). The lowest BCUT2D eigenvalue weighted by molar-refractivity contribution is -0.147. The average molecular weight is 426 g/mol. The Bertz CT molecular complexity index is 1000. The first-order chi connectivity index (χ1) is 14.5. The highest BCUT2D eigenvalue weighted by atomic mass is 32.1. The molecule has 7 nitrogen and oxygen atoms in total. The molecule has 1 heterocycles. The number of nitrogens with zero attached hydrogens (tertiary/aromatic N) is 1. The number of rotatable bonds is 5. The monoisotopic (exact) mass is 425 g/mol. The minimum Gasteiger partial charge on any atom is -0.466 e. The predicted molar refractivity (Wildman–Crippen MR) is 118 cm³/mol. The molecule has 0 aromatic heterocycles. The third-order valence-corrected chi connectivity index (χ3v) is 5.06. The van der Waals surface area contributed by atoms with Gasteiger partial charge in [-0.3, -0.25) is 19.7 Å². The Morgan fingerprint density at radius 2 is 2.03 bits per heavy atom. The molecule has 0 aliphatic carbocycles. The summed E-state index contributed by atoms with van der Waals surface area (Å²) in [6.07, 6.45) is 2.99. The number of fused-ring (bicyclic) bond motifs is 1. The molecule has 2 aromatic carbocycles. The fourth-order valence-corrected chi connectivity index (χ4v) is 3.64. The first kappa shape index (κ1) is 21.4. The van der Waals surface area contributed by atoms with Gasteiger partial charge in [0.1, 0.15) is 6.04 Å². The molecule has 1 atom stereocenters. The van der Waals surface area contributed by atoms with Crippen LogP contribution >= 0.6 is 12.2 Å². The molecule has 8 heteroatoms. The fraction of sp³-hybridized carbons (Fsp3) is 0.273. The van der Waals surface area contributed by atoms with E-state index in [1.807, 2.05) is 42.5 Å². The fourth-order valence-electron chi connectivity index (χ4n) is 3.32. The summed E-state index contributed by atoms with van der Waals surface area (Å²) < 4.78 is 4.94. The van der Waals surface area contributed by atoms with Crippen molar-refractivity contribution in [3.8, 4) is 0 Å². The van der Waals surface area contributed by atoms with E-state index >= 15 is 0 Å². The van der Waals surface area contributed by atoms with Gasteiger partial charge >= 0.3 is 5.97 Å². The summed E-state index contributed by atoms with van der Waals surface area (Å²) in [6, 6.07) is 12.9. The Morgan fingerprint density at radius 1 is 1.27 bits per heavy atom. The lowest BCUT2D eigenvalue weighted by Crippen LogP contribution is -2.60. The molecular formula is C22H23N3O4S. The maximum absolute atomic E-state index is 12.4. The summed E-state index contributed by atoms with van der Waals surface area (Å²) >= 11 is 5.33. The van der Waals surface area contributed by atoms with Gasteiger partial charge in [-0.1, -0.05) is 42.5 Å². The summed E-state index contributed by atoms with van der Waals surface area (Å²) in [5, 5.41) is 7.55. The zero-order chi connectivity index (χ0) is 21.5. The highest BCUT2D eigenvalue weighted by Gasteiger charge is 2.33. The molecule has 1 aliphatic heterocycles. The van der Waals surface area contributed by atoms with Crippen LogP contribution in [-0.4, -0.2) is 53.5 Å². The predicted octanol–water partition coefficient (Wildman–Crippen LogP) is 2.01. The molecule has 1 saturated heterocycles. The highest BCUT2D eigenvalue weighted by molar-refractivity contribution is 7.80. The van der Waals surface area contributed by atoms with Crippen molar-refractivity contribution in [1.82, 2.24) is 15.5 Å². The summed E-state index contributed by atoms with van der Waals surface area (Å²) in [5.74, 6) is -1.22. The number of carbonyl (C=O) groups is 3.